The van der Waals surface area contributed by atoms with Gasteiger partial charge < -0.3 is 10.2 Å². The molecule has 102 valence electrons. The lowest BCUT2D eigenvalue weighted by Gasteiger charge is -2.44. The second-order valence-electron chi connectivity index (χ2n) is 6.13. The molecule has 2 atom stereocenters. The average Bonchev–Trinajstić information content (AvgIpc) is 2.22. The first-order valence-corrected chi connectivity index (χ1v) is 8.02. The lowest BCUT2D eigenvalue weighted by atomic mass is 9.73. The van der Waals surface area contributed by atoms with Gasteiger partial charge in [-0.2, -0.15) is 11.8 Å². The van der Waals surface area contributed by atoms with Crippen LogP contribution in [0.4, 0.5) is 0 Å². The van der Waals surface area contributed by atoms with Gasteiger partial charge in [-0.1, -0.05) is 27.2 Å². The third-order valence-electron chi connectivity index (χ3n) is 3.82. The van der Waals surface area contributed by atoms with E-state index in [0.29, 0.717) is 11.5 Å². The Labute approximate surface area is 112 Å². The van der Waals surface area contributed by atoms with Gasteiger partial charge in [0.1, 0.15) is 0 Å². The first-order valence-electron chi connectivity index (χ1n) is 6.97. The molecule has 1 aliphatic carbocycles. The normalized spacial score (nSPS) is 28.6. The highest BCUT2D eigenvalue weighted by atomic mass is 32.2. The highest BCUT2D eigenvalue weighted by Crippen LogP contribution is 2.40. The number of nitrogens with zero attached hydrogens (tertiary/aromatic N) is 1. The van der Waals surface area contributed by atoms with Crippen molar-refractivity contribution >= 4 is 11.8 Å². The summed E-state index contributed by atoms with van der Waals surface area (Å²) in [6, 6.07) is 0.688. The van der Waals surface area contributed by atoms with E-state index in [0.717, 1.165) is 11.8 Å². The van der Waals surface area contributed by atoms with E-state index in [1.807, 2.05) is 0 Å². The minimum absolute atomic E-state index is 0.462. The topological polar surface area (TPSA) is 15.3 Å². The second-order valence-corrected chi connectivity index (χ2v) is 7.48. The summed E-state index contributed by atoms with van der Waals surface area (Å²) >= 11 is 2.17. The molecular formula is C14H30N2S. The Morgan fingerprint density at radius 3 is 2.65 bits per heavy atom. The van der Waals surface area contributed by atoms with Gasteiger partial charge in [-0.25, -0.2) is 0 Å². The van der Waals surface area contributed by atoms with Gasteiger partial charge in [0.25, 0.3) is 0 Å². The maximum atomic E-state index is 3.73. The molecule has 1 saturated carbocycles. The van der Waals surface area contributed by atoms with E-state index in [2.05, 4.69) is 56.8 Å². The van der Waals surface area contributed by atoms with Crippen LogP contribution in [0.2, 0.25) is 0 Å². The lowest BCUT2D eigenvalue weighted by Crippen LogP contribution is -2.51. The molecule has 3 heteroatoms. The quantitative estimate of drug-likeness (QED) is 0.789. The number of rotatable bonds is 6. The van der Waals surface area contributed by atoms with Crippen LogP contribution in [0.15, 0.2) is 0 Å². The summed E-state index contributed by atoms with van der Waals surface area (Å²) in [5, 5.41) is 4.53. The summed E-state index contributed by atoms with van der Waals surface area (Å²) in [5.74, 6) is 1.26. The first-order chi connectivity index (χ1) is 7.97. The Morgan fingerprint density at radius 2 is 2.06 bits per heavy atom. The molecule has 1 rings (SSSR count). The molecule has 0 spiro atoms. The third-order valence-corrected chi connectivity index (χ3v) is 5.17. The molecule has 0 aromatic heterocycles. The molecule has 0 aromatic carbocycles. The van der Waals surface area contributed by atoms with Crippen LogP contribution in [0.25, 0.3) is 0 Å². The van der Waals surface area contributed by atoms with E-state index in [1.165, 1.54) is 31.6 Å². The monoisotopic (exact) mass is 258 g/mol. The Bertz CT molecular complexity index is 216. The Balaban J connectivity index is 2.49. The van der Waals surface area contributed by atoms with Crippen molar-refractivity contribution in [3.8, 4) is 0 Å². The predicted octanol–water partition coefficient (Wildman–Crippen LogP) is 2.84. The molecule has 2 unspecified atom stereocenters. The number of nitrogens with one attached hydrogen (secondary N) is 1. The van der Waals surface area contributed by atoms with Crippen molar-refractivity contribution < 1.29 is 0 Å². The van der Waals surface area contributed by atoms with Crippen LogP contribution in [-0.4, -0.2) is 49.1 Å². The first kappa shape index (κ1) is 15.3. The van der Waals surface area contributed by atoms with Crippen LogP contribution >= 0.6 is 11.8 Å². The summed E-state index contributed by atoms with van der Waals surface area (Å²) in [4.78, 5) is 2.28. The maximum Gasteiger partial charge on any atom is 0.0237 e. The summed E-state index contributed by atoms with van der Waals surface area (Å²) in [7, 11) is 4.32. The van der Waals surface area contributed by atoms with E-state index >= 15 is 0 Å². The van der Waals surface area contributed by atoms with Crippen LogP contribution in [0, 0.1) is 5.41 Å². The smallest absolute Gasteiger partial charge is 0.0237 e. The summed E-state index contributed by atoms with van der Waals surface area (Å²) in [6.07, 6.45) is 4.16. The minimum atomic E-state index is 0.462. The second kappa shape index (κ2) is 7.01. The molecule has 0 saturated heterocycles. The molecule has 1 fully saturated rings. The Hall–Kier alpha value is 0.270. The van der Waals surface area contributed by atoms with Gasteiger partial charge >= 0.3 is 0 Å². The van der Waals surface area contributed by atoms with Crippen molar-refractivity contribution in [2.75, 3.05) is 32.9 Å². The maximum absolute atomic E-state index is 3.73. The van der Waals surface area contributed by atoms with Crippen LogP contribution in [0.5, 0.6) is 0 Å². The largest absolute Gasteiger partial charge is 0.313 e. The van der Waals surface area contributed by atoms with Crippen LogP contribution in [-0.2, 0) is 0 Å². The molecule has 0 amide bonds. The zero-order valence-electron chi connectivity index (χ0n) is 12.3. The number of hydrogen-bond acceptors (Lipinski definition) is 3. The molecule has 1 aliphatic rings. The van der Waals surface area contributed by atoms with Gasteiger partial charge in [0.2, 0.25) is 0 Å². The summed E-state index contributed by atoms with van der Waals surface area (Å²) in [5.41, 5.74) is 0.462. The molecule has 0 radical (unpaired) electrons. The molecule has 2 nitrogen and oxygen atoms in total. The number of thioether (sulfide) groups is 1. The van der Waals surface area contributed by atoms with Gasteiger partial charge in [0.05, 0.1) is 0 Å². The molecular weight excluding hydrogens is 228 g/mol. The fraction of sp³-hybridized carbons (Fsp3) is 1.00. The van der Waals surface area contributed by atoms with E-state index in [4.69, 9.17) is 0 Å². The Morgan fingerprint density at radius 1 is 1.35 bits per heavy atom. The molecule has 0 heterocycles. The van der Waals surface area contributed by atoms with E-state index in [1.54, 1.807) is 0 Å². The highest BCUT2D eigenvalue weighted by molar-refractivity contribution is 8.00. The molecule has 0 bridgehead atoms. The van der Waals surface area contributed by atoms with Crippen molar-refractivity contribution in [3.05, 3.63) is 0 Å². The van der Waals surface area contributed by atoms with Crippen LogP contribution < -0.4 is 5.32 Å². The highest BCUT2D eigenvalue weighted by Gasteiger charge is 2.38. The van der Waals surface area contributed by atoms with Crippen LogP contribution in [0.3, 0.4) is 0 Å². The van der Waals surface area contributed by atoms with E-state index in [-0.39, 0.29) is 0 Å². The molecule has 0 aromatic rings. The van der Waals surface area contributed by atoms with Crippen molar-refractivity contribution in [1.29, 1.82) is 0 Å². The van der Waals surface area contributed by atoms with Crippen molar-refractivity contribution in [1.82, 2.24) is 10.2 Å². The molecule has 1 N–H and O–H groups in total. The van der Waals surface area contributed by atoms with Crippen molar-refractivity contribution in [2.24, 2.45) is 5.41 Å². The lowest BCUT2D eigenvalue weighted by molar-refractivity contribution is 0.176. The summed E-state index contributed by atoms with van der Waals surface area (Å²) in [6.45, 7) is 9.38. The van der Waals surface area contributed by atoms with Crippen molar-refractivity contribution in [2.45, 2.75) is 51.3 Å². The van der Waals surface area contributed by atoms with Gasteiger partial charge in [0.15, 0.2) is 0 Å². The van der Waals surface area contributed by atoms with E-state index < -0.39 is 0 Å². The van der Waals surface area contributed by atoms with Crippen molar-refractivity contribution in [3.63, 3.8) is 0 Å². The van der Waals surface area contributed by atoms with Gasteiger partial charge in [0, 0.05) is 23.6 Å². The van der Waals surface area contributed by atoms with Gasteiger partial charge in [-0.05, 0) is 38.9 Å². The number of hydrogen-bond donors (Lipinski definition) is 1. The third kappa shape index (κ3) is 4.80. The van der Waals surface area contributed by atoms with Crippen LogP contribution in [0.1, 0.15) is 40.0 Å². The minimum Gasteiger partial charge on any atom is -0.313 e. The average molecular weight is 258 g/mol. The molecule has 0 aliphatic heterocycles. The van der Waals surface area contributed by atoms with Gasteiger partial charge in [-0.3, -0.25) is 0 Å². The zero-order valence-corrected chi connectivity index (χ0v) is 13.1. The standard InChI is InChI=1S/C14H30N2S/c1-6-15-13-12(17-11-10-16(4)5)8-7-9-14(13,2)3/h12-13,15H,6-11H2,1-5H3. The zero-order chi connectivity index (χ0) is 12.9. The predicted molar refractivity (Wildman–Crippen MR) is 79.9 cm³/mol. The van der Waals surface area contributed by atoms with E-state index in [9.17, 15) is 0 Å². The van der Waals surface area contributed by atoms with Gasteiger partial charge in [-0.15, -0.1) is 0 Å². The fourth-order valence-corrected chi connectivity index (χ4v) is 4.54. The fourth-order valence-electron chi connectivity index (χ4n) is 2.78. The summed E-state index contributed by atoms with van der Waals surface area (Å²) < 4.78 is 0. The molecule has 17 heavy (non-hydrogen) atoms. The Kier molecular flexibility index (Phi) is 6.32. The SMILES string of the molecule is CCNC1C(SCCN(C)C)CCCC1(C)C.